The van der Waals surface area contributed by atoms with Crippen LogP contribution >= 0.6 is 0 Å². The van der Waals surface area contributed by atoms with Crippen molar-refractivity contribution in [2.45, 2.75) is 25.4 Å². The topological polar surface area (TPSA) is 71.2 Å². The standard InChI is InChI=1S/C18H21FN4O/c1-11-18(24)22-16-4-3-13(19)10-14(16)12-5-7-21-17(9-12)15(20)6-8-23(11)2/h3-5,7,9-11,15H,6,8,20H2,1-2H3,(H,22,24)/t11-,15-/m0/s1. The maximum atomic E-state index is 13.8. The number of nitrogens with zero attached hydrogens (tertiary/aromatic N) is 2. The number of anilines is 1. The van der Waals surface area contributed by atoms with Gasteiger partial charge < -0.3 is 11.1 Å². The quantitative estimate of drug-likeness (QED) is 0.780. The lowest BCUT2D eigenvalue weighted by molar-refractivity contribution is -0.120. The van der Waals surface area contributed by atoms with Gasteiger partial charge in [0.1, 0.15) is 5.82 Å². The van der Waals surface area contributed by atoms with E-state index in [4.69, 9.17) is 5.73 Å². The summed E-state index contributed by atoms with van der Waals surface area (Å²) in [6, 6.07) is 7.44. The molecule has 2 heterocycles. The van der Waals surface area contributed by atoms with Crippen LogP contribution in [0.25, 0.3) is 11.1 Å². The Labute approximate surface area is 140 Å². The van der Waals surface area contributed by atoms with Crippen LogP contribution in [0.1, 0.15) is 25.1 Å². The number of carbonyl (C=O) groups is 1. The fourth-order valence-electron chi connectivity index (χ4n) is 2.80. The molecule has 0 saturated carbocycles. The summed E-state index contributed by atoms with van der Waals surface area (Å²) in [6.07, 6.45) is 2.35. The van der Waals surface area contributed by atoms with E-state index in [1.165, 1.54) is 12.1 Å². The second kappa shape index (κ2) is 6.67. The summed E-state index contributed by atoms with van der Waals surface area (Å²) in [5.41, 5.74) is 8.99. The van der Waals surface area contributed by atoms with Crippen LogP contribution in [-0.2, 0) is 4.79 Å². The molecule has 1 aromatic carbocycles. The predicted octanol–water partition coefficient (Wildman–Crippen LogP) is 2.55. The van der Waals surface area contributed by atoms with Crippen LogP contribution in [0.15, 0.2) is 36.5 Å². The normalized spacial score (nSPS) is 22.1. The monoisotopic (exact) mass is 328 g/mol. The highest BCUT2D eigenvalue weighted by Gasteiger charge is 2.22. The third-order valence-electron chi connectivity index (χ3n) is 4.54. The molecule has 0 unspecified atom stereocenters. The third-order valence-corrected chi connectivity index (χ3v) is 4.54. The van der Waals surface area contributed by atoms with Crippen molar-refractivity contribution in [1.29, 1.82) is 0 Å². The van der Waals surface area contributed by atoms with E-state index in [9.17, 15) is 9.18 Å². The van der Waals surface area contributed by atoms with E-state index in [1.807, 2.05) is 24.9 Å². The van der Waals surface area contributed by atoms with Gasteiger partial charge >= 0.3 is 0 Å². The van der Waals surface area contributed by atoms with Gasteiger partial charge in [0, 0.05) is 30.0 Å². The zero-order chi connectivity index (χ0) is 17.3. The SMILES string of the molecule is C[C@H]1C(=O)Nc2ccc(F)cc2-c2ccnc(c2)[C@@H](N)CCN1C. The highest BCUT2D eigenvalue weighted by atomic mass is 19.1. The number of nitrogens with one attached hydrogen (secondary N) is 1. The zero-order valence-corrected chi connectivity index (χ0v) is 13.8. The molecule has 6 heteroatoms. The molecule has 2 bridgehead atoms. The molecule has 0 spiro atoms. The van der Waals surface area contributed by atoms with Gasteiger partial charge in [-0.05, 0) is 56.3 Å². The van der Waals surface area contributed by atoms with Crippen molar-refractivity contribution in [2.24, 2.45) is 5.73 Å². The molecule has 0 saturated heterocycles. The Morgan fingerprint density at radius 2 is 2.12 bits per heavy atom. The minimum absolute atomic E-state index is 0.131. The number of amides is 1. The molecular weight excluding hydrogens is 307 g/mol. The molecule has 0 radical (unpaired) electrons. The number of nitrogens with two attached hydrogens (primary N) is 1. The molecule has 0 aliphatic carbocycles. The fraction of sp³-hybridized carbons (Fsp3) is 0.333. The van der Waals surface area contributed by atoms with Gasteiger partial charge in [-0.1, -0.05) is 0 Å². The molecule has 0 fully saturated rings. The first-order chi connectivity index (χ1) is 11.5. The zero-order valence-electron chi connectivity index (χ0n) is 13.8. The van der Waals surface area contributed by atoms with Gasteiger partial charge in [-0.2, -0.15) is 0 Å². The summed E-state index contributed by atoms with van der Waals surface area (Å²) in [5.74, 6) is -0.489. The van der Waals surface area contributed by atoms with Crippen LogP contribution in [0, 0.1) is 5.82 Å². The van der Waals surface area contributed by atoms with Crippen molar-refractivity contribution in [1.82, 2.24) is 9.88 Å². The van der Waals surface area contributed by atoms with Gasteiger partial charge in [0.05, 0.1) is 11.7 Å². The number of likely N-dealkylation sites (N-methyl/N-ethyl adjacent to an activating group) is 1. The molecule has 1 aliphatic heterocycles. The number of hydrogen-bond acceptors (Lipinski definition) is 4. The van der Waals surface area contributed by atoms with Crippen LogP contribution < -0.4 is 11.1 Å². The molecule has 126 valence electrons. The summed E-state index contributed by atoms with van der Waals surface area (Å²) in [6.45, 7) is 2.52. The molecule has 1 aromatic heterocycles. The summed E-state index contributed by atoms with van der Waals surface area (Å²) in [4.78, 5) is 18.8. The molecular formula is C18H21FN4O. The number of pyridine rings is 1. The van der Waals surface area contributed by atoms with Crippen molar-refractivity contribution in [3.05, 3.63) is 48.0 Å². The van der Waals surface area contributed by atoms with E-state index in [2.05, 4.69) is 10.3 Å². The number of rotatable bonds is 0. The van der Waals surface area contributed by atoms with Crippen LogP contribution in [0.4, 0.5) is 10.1 Å². The third kappa shape index (κ3) is 3.29. The Balaban J connectivity index is 2.13. The Morgan fingerprint density at radius 1 is 1.33 bits per heavy atom. The van der Waals surface area contributed by atoms with Crippen LogP contribution in [0.2, 0.25) is 0 Å². The summed E-state index contributed by atoms with van der Waals surface area (Å²) >= 11 is 0. The first-order valence-electron chi connectivity index (χ1n) is 7.98. The Bertz CT molecular complexity index is 764. The molecule has 2 aromatic rings. The average molecular weight is 328 g/mol. The number of aromatic nitrogens is 1. The highest BCUT2D eigenvalue weighted by molar-refractivity contribution is 5.98. The molecule has 3 N–H and O–H groups in total. The van der Waals surface area contributed by atoms with Gasteiger partial charge in [-0.25, -0.2) is 4.39 Å². The second-order valence-corrected chi connectivity index (χ2v) is 6.20. The van der Waals surface area contributed by atoms with E-state index in [0.717, 1.165) is 11.3 Å². The number of fused-ring (bicyclic) bond motifs is 4. The van der Waals surface area contributed by atoms with Gasteiger partial charge in [-0.15, -0.1) is 0 Å². The predicted molar refractivity (Wildman–Crippen MR) is 91.9 cm³/mol. The largest absolute Gasteiger partial charge is 0.324 e. The maximum Gasteiger partial charge on any atom is 0.241 e. The van der Waals surface area contributed by atoms with Gasteiger partial charge in [-0.3, -0.25) is 14.7 Å². The first-order valence-corrected chi connectivity index (χ1v) is 7.98. The van der Waals surface area contributed by atoms with Crippen LogP contribution in [0.3, 0.4) is 0 Å². The lowest BCUT2D eigenvalue weighted by Crippen LogP contribution is -2.41. The highest BCUT2D eigenvalue weighted by Crippen LogP contribution is 2.31. The second-order valence-electron chi connectivity index (χ2n) is 6.20. The summed E-state index contributed by atoms with van der Waals surface area (Å²) < 4.78 is 13.8. The van der Waals surface area contributed by atoms with Gasteiger partial charge in [0.2, 0.25) is 5.91 Å². The Hall–Kier alpha value is -2.31. The van der Waals surface area contributed by atoms with Crippen LogP contribution in [0.5, 0.6) is 0 Å². The first kappa shape index (κ1) is 16.5. The average Bonchev–Trinajstić information content (AvgIpc) is 2.59. The Morgan fingerprint density at radius 3 is 2.92 bits per heavy atom. The molecule has 1 amide bonds. The molecule has 3 rings (SSSR count). The number of halogens is 1. The summed E-state index contributed by atoms with van der Waals surface area (Å²) in [5, 5.41) is 2.91. The van der Waals surface area contributed by atoms with Crippen LogP contribution in [-0.4, -0.2) is 35.4 Å². The molecule has 24 heavy (non-hydrogen) atoms. The number of carbonyl (C=O) groups excluding carboxylic acids is 1. The molecule has 1 aliphatic rings. The smallest absolute Gasteiger partial charge is 0.241 e. The lowest BCUT2D eigenvalue weighted by atomic mass is 10.00. The van der Waals surface area contributed by atoms with Crippen molar-refractivity contribution >= 4 is 11.6 Å². The fourth-order valence-corrected chi connectivity index (χ4v) is 2.80. The molecule has 2 atom stereocenters. The Kier molecular flexibility index (Phi) is 4.59. The van der Waals surface area contributed by atoms with E-state index >= 15 is 0 Å². The maximum absolute atomic E-state index is 13.8. The molecule has 5 nitrogen and oxygen atoms in total. The minimum atomic E-state index is -0.358. The van der Waals surface area contributed by atoms with E-state index in [0.29, 0.717) is 24.2 Å². The van der Waals surface area contributed by atoms with E-state index < -0.39 is 0 Å². The number of hydrogen-bond donors (Lipinski definition) is 2. The van der Waals surface area contributed by atoms with Crippen molar-refractivity contribution in [3.8, 4) is 11.1 Å². The number of benzene rings is 1. The van der Waals surface area contributed by atoms with Crippen molar-refractivity contribution < 1.29 is 9.18 Å². The van der Waals surface area contributed by atoms with Crippen molar-refractivity contribution in [2.75, 3.05) is 18.9 Å². The van der Waals surface area contributed by atoms with E-state index in [-0.39, 0.29) is 23.8 Å². The van der Waals surface area contributed by atoms with Gasteiger partial charge in [0.15, 0.2) is 0 Å². The minimum Gasteiger partial charge on any atom is -0.324 e. The lowest BCUT2D eigenvalue weighted by Gasteiger charge is -2.26. The summed E-state index contributed by atoms with van der Waals surface area (Å²) in [7, 11) is 1.89. The van der Waals surface area contributed by atoms with Gasteiger partial charge in [0.25, 0.3) is 0 Å². The van der Waals surface area contributed by atoms with E-state index in [1.54, 1.807) is 18.3 Å². The van der Waals surface area contributed by atoms with Crippen molar-refractivity contribution in [3.63, 3.8) is 0 Å².